The molecule has 0 aromatic heterocycles. The molecular formula is C8H19ClN2O4. The van der Waals surface area contributed by atoms with Gasteiger partial charge in [0.2, 0.25) is 0 Å². The number of hydrogen-bond donors (Lipinski definition) is 3. The van der Waals surface area contributed by atoms with E-state index in [1.165, 1.54) is 0 Å². The van der Waals surface area contributed by atoms with Gasteiger partial charge in [-0.1, -0.05) is 0 Å². The third kappa shape index (κ3) is 5.27. The first-order chi connectivity index (χ1) is 6.27. The van der Waals surface area contributed by atoms with Crippen LogP contribution in [0.3, 0.4) is 0 Å². The largest absolute Gasteiger partial charge is 0.389 e. The van der Waals surface area contributed by atoms with Crippen LogP contribution < -0.4 is 5.32 Å². The Bertz CT molecular complexity index is 201. The van der Waals surface area contributed by atoms with E-state index in [1.807, 2.05) is 20.8 Å². The molecule has 0 spiro atoms. The average molecular weight is 243 g/mol. The second-order valence-electron chi connectivity index (χ2n) is 4.40. The molecule has 3 N–H and O–H groups in total. The molecule has 0 saturated carbocycles. The van der Waals surface area contributed by atoms with Crippen LogP contribution in [-0.2, 0) is 0 Å². The zero-order valence-electron chi connectivity index (χ0n) is 9.19. The quantitative estimate of drug-likeness (QED) is 0.458. The molecule has 7 heteroatoms. The third-order valence-corrected chi connectivity index (χ3v) is 1.92. The van der Waals surface area contributed by atoms with Gasteiger partial charge in [0.25, 0.3) is 5.54 Å². The van der Waals surface area contributed by atoms with E-state index in [-0.39, 0.29) is 24.5 Å². The van der Waals surface area contributed by atoms with Crippen molar-refractivity contribution in [3.63, 3.8) is 0 Å². The molecule has 0 radical (unpaired) electrons. The molecule has 0 rings (SSSR count). The van der Waals surface area contributed by atoms with Gasteiger partial charge in [-0.15, -0.1) is 12.4 Å². The number of rotatable bonds is 5. The van der Waals surface area contributed by atoms with Crippen LogP contribution in [0.15, 0.2) is 0 Å². The maximum Gasteiger partial charge on any atom is 0.279 e. The Kier molecular flexibility index (Phi) is 7.04. The second kappa shape index (κ2) is 6.22. The maximum absolute atomic E-state index is 10.6. The van der Waals surface area contributed by atoms with Gasteiger partial charge in [-0.05, 0) is 20.8 Å². The minimum absolute atomic E-state index is 0. The fourth-order valence-electron chi connectivity index (χ4n) is 0.772. The Balaban J connectivity index is 0. The van der Waals surface area contributed by atoms with Gasteiger partial charge in [0, 0.05) is 10.5 Å². The molecule has 0 unspecified atom stereocenters. The Hall–Kier alpha value is -0.430. The van der Waals surface area contributed by atoms with Crippen molar-refractivity contribution < 1.29 is 15.1 Å². The predicted molar refractivity (Wildman–Crippen MR) is 58.9 cm³/mol. The summed E-state index contributed by atoms with van der Waals surface area (Å²) in [7, 11) is 0. The van der Waals surface area contributed by atoms with Crippen LogP contribution in [0.2, 0.25) is 0 Å². The van der Waals surface area contributed by atoms with Crippen LogP contribution in [-0.4, -0.2) is 46.0 Å². The molecule has 0 heterocycles. The summed E-state index contributed by atoms with van der Waals surface area (Å²) < 4.78 is 0. The molecule has 92 valence electrons. The molecule has 0 aromatic carbocycles. The fraction of sp³-hybridized carbons (Fsp3) is 1.00. The number of nitro groups is 1. The lowest BCUT2D eigenvalue weighted by atomic mass is 10.0. The van der Waals surface area contributed by atoms with Gasteiger partial charge in [-0.2, -0.15) is 0 Å². The fourth-order valence-corrected chi connectivity index (χ4v) is 0.772. The van der Waals surface area contributed by atoms with Crippen molar-refractivity contribution >= 4 is 12.4 Å². The van der Waals surface area contributed by atoms with Crippen molar-refractivity contribution in [2.24, 2.45) is 0 Å². The Morgan fingerprint density at radius 2 is 1.67 bits per heavy atom. The summed E-state index contributed by atoms with van der Waals surface area (Å²) >= 11 is 0. The SMILES string of the molecule is CC(C)(C)NCC(CO)(CO)[N+](=O)[O-].Cl. The highest BCUT2D eigenvalue weighted by molar-refractivity contribution is 5.85. The summed E-state index contributed by atoms with van der Waals surface area (Å²) in [4.78, 5) is 10.00. The lowest BCUT2D eigenvalue weighted by molar-refractivity contribution is -0.575. The number of nitrogens with one attached hydrogen (secondary N) is 1. The Morgan fingerprint density at radius 3 is 1.87 bits per heavy atom. The molecular weight excluding hydrogens is 224 g/mol. The molecule has 0 aliphatic rings. The first-order valence-corrected chi connectivity index (χ1v) is 4.39. The van der Waals surface area contributed by atoms with E-state index < -0.39 is 23.7 Å². The monoisotopic (exact) mass is 242 g/mol. The van der Waals surface area contributed by atoms with Crippen LogP contribution in [0.5, 0.6) is 0 Å². The zero-order chi connectivity index (χ0) is 11.4. The van der Waals surface area contributed by atoms with Crippen molar-refractivity contribution in [2.75, 3.05) is 19.8 Å². The molecule has 0 aliphatic heterocycles. The van der Waals surface area contributed by atoms with E-state index >= 15 is 0 Å². The molecule has 0 atom stereocenters. The van der Waals surface area contributed by atoms with Gasteiger partial charge >= 0.3 is 0 Å². The zero-order valence-corrected chi connectivity index (χ0v) is 10.0. The first-order valence-electron chi connectivity index (χ1n) is 4.39. The summed E-state index contributed by atoms with van der Waals surface area (Å²) in [6, 6.07) is 0. The number of hydrogen-bond acceptors (Lipinski definition) is 5. The Labute approximate surface area is 95.2 Å². The van der Waals surface area contributed by atoms with Gasteiger partial charge in [0.05, 0.1) is 6.54 Å². The maximum atomic E-state index is 10.6. The summed E-state index contributed by atoms with van der Waals surface area (Å²) in [5, 5.41) is 31.3. The van der Waals surface area contributed by atoms with Gasteiger partial charge in [-0.3, -0.25) is 10.1 Å². The molecule has 0 amide bonds. The van der Waals surface area contributed by atoms with E-state index in [4.69, 9.17) is 10.2 Å². The van der Waals surface area contributed by atoms with E-state index in [0.717, 1.165) is 0 Å². The van der Waals surface area contributed by atoms with Crippen molar-refractivity contribution in [1.29, 1.82) is 0 Å². The lowest BCUT2D eigenvalue weighted by Gasteiger charge is -2.27. The number of aliphatic hydroxyl groups is 2. The van der Waals surface area contributed by atoms with Gasteiger partial charge < -0.3 is 15.5 Å². The number of nitrogens with zero attached hydrogens (tertiary/aromatic N) is 1. The summed E-state index contributed by atoms with van der Waals surface area (Å²) in [6.07, 6.45) is 0. The minimum atomic E-state index is -1.69. The molecule has 0 fully saturated rings. The van der Waals surface area contributed by atoms with Crippen LogP contribution in [0.1, 0.15) is 20.8 Å². The average Bonchev–Trinajstić information content (AvgIpc) is 2.04. The lowest BCUT2D eigenvalue weighted by Crippen LogP contribution is -2.56. The topological polar surface area (TPSA) is 95.6 Å². The van der Waals surface area contributed by atoms with Crippen LogP contribution in [0.4, 0.5) is 0 Å². The van der Waals surface area contributed by atoms with Gasteiger partial charge in [-0.25, -0.2) is 0 Å². The third-order valence-electron chi connectivity index (χ3n) is 1.92. The van der Waals surface area contributed by atoms with Crippen LogP contribution >= 0.6 is 12.4 Å². The molecule has 0 aromatic rings. The van der Waals surface area contributed by atoms with Crippen molar-refractivity contribution in [1.82, 2.24) is 5.32 Å². The van der Waals surface area contributed by atoms with Gasteiger partial charge in [0.1, 0.15) is 13.2 Å². The van der Waals surface area contributed by atoms with E-state index in [9.17, 15) is 10.1 Å². The normalized spacial score (nSPS) is 12.1. The highest BCUT2D eigenvalue weighted by atomic mass is 35.5. The van der Waals surface area contributed by atoms with E-state index in [2.05, 4.69) is 5.32 Å². The predicted octanol–water partition coefficient (Wildman–Crippen LogP) is -0.204. The number of halogens is 1. The molecule has 0 saturated heterocycles. The van der Waals surface area contributed by atoms with Crippen LogP contribution in [0, 0.1) is 10.1 Å². The Morgan fingerprint density at radius 1 is 1.27 bits per heavy atom. The molecule has 15 heavy (non-hydrogen) atoms. The first kappa shape index (κ1) is 17.0. The highest BCUT2D eigenvalue weighted by Gasteiger charge is 2.42. The molecule has 6 nitrogen and oxygen atoms in total. The van der Waals surface area contributed by atoms with Gasteiger partial charge in [0.15, 0.2) is 0 Å². The summed E-state index contributed by atoms with van der Waals surface area (Å²) in [6.45, 7) is 4.14. The van der Waals surface area contributed by atoms with E-state index in [0.29, 0.717) is 0 Å². The van der Waals surface area contributed by atoms with Crippen LogP contribution in [0.25, 0.3) is 0 Å². The van der Waals surface area contributed by atoms with Crippen molar-refractivity contribution in [3.8, 4) is 0 Å². The second-order valence-corrected chi connectivity index (χ2v) is 4.40. The summed E-state index contributed by atoms with van der Waals surface area (Å²) in [5.41, 5.74) is -1.97. The minimum Gasteiger partial charge on any atom is -0.389 e. The van der Waals surface area contributed by atoms with Crippen molar-refractivity contribution in [3.05, 3.63) is 10.1 Å². The van der Waals surface area contributed by atoms with Crippen molar-refractivity contribution in [2.45, 2.75) is 31.8 Å². The molecule has 0 bridgehead atoms. The summed E-state index contributed by atoms with van der Waals surface area (Å²) in [5.74, 6) is 0. The van der Waals surface area contributed by atoms with E-state index in [1.54, 1.807) is 0 Å². The smallest absolute Gasteiger partial charge is 0.279 e. The standard InChI is InChI=1S/C8H18N2O4.ClH/c1-7(2,3)9-4-8(5-11,6-12)10(13)14;/h9,11-12H,4-6H2,1-3H3;1H. The highest BCUT2D eigenvalue weighted by Crippen LogP contribution is 2.09. The number of aliphatic hydroxyl groups excluding tert-OH is 2. The molecule has 0 aliphatic carbocycles.